The summed E-state index contributed by atoms with van der Waals surface area (Å²) in [4.78, 5) is 0. The molecular weight excluding hydrogens is 390 g/mol. The molecule has 1 unspecified atom stereocenters. The van der Waals surface area contributed by atoms with Crippen LogP contribution in [-0.2, 0) is 17.6 Å². The van der Waals surface area contributed by atoms with E-state index < -0.39 is 14.4 Å². The zero-order valence-corrected chi connectivity index (χ0v) is 18.7. The molecule has 0 saturated heterocycles. The quantitative estimate of drug-likeness (QED) is 0.386. The number of nitriles is 1. The summed E-state index contributed by atoms with van der Waals surface area (Å²) < 4.78 is 18.1. The highest BCUT2D eigenvalue weighted by Gasteiger charge is 2.23. The van der Waals surface area contributed by atoms with Crippen molar-refractivity contribution >= 4 is 8.32 Å². The van der Waals surface area contributed by atoms with Crippen LogP contribution in [0.2, 0.25) is 19.6 Å². The zero-order valence-electron chi connectivity index (χ0n) is 17.7. The first kappa shape index (κ1) is 21.6. The van der Waals surface area contributed by atoms with Gasteiger partial charge in [0.1, 0.15) is 24.7 Å². The van der Waals surface area contributed by atoms with Crippen LogP contribution in [0.1, 0.15) is 22.8 Å². The third kappa shape index (κ3) is 6.77. The van der Waals surface area contributed by atoms with Crippen molar-refractivity contribution in [2.75, 3.05) is 0 Å². The fourth-order valence-corrected chi connectivity index (χ4v) is 3.81. The summed E-state index contributed by atoms with van der Waals surface area (Å²) in [6.07, 6.45) is -0.656. The Morgan fingerprint density at radius 3 is 1.63 bits per heavy atom. The molecular formula is C25H27NO3Si. The van der Waals surface area contributed by atoms with E-state index in [-0.39, 0.29) is 0 Å². The van der Waals surface area contributed by atoms with Crippen molar-refractivity contribution in [3.05, 3.63) is 95.6 Å². The van der Waals surface area contributed by atoms with Crippen LogP contribution in [0.3, 0.4) is 0 Å². The van der Waals surface area contributed by atoms with Gasteiger partial charge < -0.3 is 13.9 Å². The molecule has 0 radical (unpaired) electrons. The average molecular weight is 418 g/mol. The molecule has 3 rings (SSSR count). The number of hydrogen-bond acceptors (Lipinski definition) is 4. The van der Waals surface area contributed by atoms with E-state index in [1.165, 1.54) is 0 Å². The fraction of sp³-hybridized carbons (Fsp3) is 0.240. The van der Waals surface area contributed by atoms with Crippen molar-refractivity contribution in [1.29, 1.82) is 5.26 Å². The molecule has 5 heteroatoms. The maximum Gasteiger partial charge on any atom is 0.186 e. The number of hydrogen-bond donors (Lipinski definition) is 0. The van der Waals surface area contributed by atoms with Gasteiger partial charge in [0.25, 0.3) is 0 Å². The van der Waals surface area contributed by atoms with Crippen LogP contribution in [0.25, 0.3) is 0 Å². The van der Waals surface area contributed by atoms with E-state index in [0.717, 1.165) is 16.7 Å². The fourth-order valence-electron chi connectivity index (χ4n) is 2.92. The predicted octanol–water partition coefficient (Wildman–Crippen LogP) is 6.26. The van der Waals surface area contributed by atoms with Crippen LogP contribution in [0.5, 0.6) is 11.5 Å². The van der Waals surface area contributed by atoms with E-state index >= 15 is 0 Å². The first-order valence-electron chi connectivity index (χ1n) is 9.99. The summed E-state index contributed by atoms with van der Waals surface area (Å²) in [6.45, 7) is 7.09. The Morgan fingerprint density at radius 2 is 1.23 bits per heavy atom. The van der Waals surface area contributed by atoms with E-state index in [0.29, 0.717) is 24.7 Å². The van der Waals surface area contributed by atoms with Gasteiger partial charge in [0.05, 0.1) is 6.07 Å². The molecule has 0 amide bonds. The highest BCUT2D eigenvalue weighted by Crippen LogP contribution is 2.31. The summed E-state index contributed by atoms with van der Waals surface area (Å²) in [5.41, 5.74) is 2.89. The molecule has 1 atom stereocenters. The standard InChI is InChI=1S/C25H27NO3Si/c1-30(2,3)29-25(17-26)22-14-23(27-18-20-10-6-4-7-11-20)16-24(15-22)28-19-21-12-8-5-9-13-21/h4-16,25H,18-19H2,1-3H3. The molecule has 154 valence electrons. The molecule has 0 N–H and O–H groups in total. The molecule has 0 heterocycles. The maximum atomic E-state index is 9.71. The molecule has 3 aromatic carbocycles. The molecule has 0 aromatic heterocycles. The van der Waals surface area contributed by atoms with Gasteiger partial charge in [-0.1, -0.05) is 60.7 Å². The molecule has 0 fully saturated rings. The summed E-state index contributed by atoms with van der Waals surface area (Å²) in [6, 6.07) is 27.8. The minimum atomic E-state index is -1.91. The lowest BCUT2D eigenvalue weighted by Gasteiger charge is -2.23. The molecule has 0 aliphatic rings. The van der Waals surface area contributed by atoms with E-state index in [1.54, 1.807) is 0 Å². The number of benzene rings is 3. The van der Waals surface area contributed by atoms with E-state index in [4.69, 9.17) is 13.9 Å². The van der Waals surface area contributed by atoms with Gasteiger partial charge in [0.2, 0.25) is 0 Å². The number of ether oxygens (including phenoxy) is 2. The van der Waals surface area contributed by atoms with Gasteiger partial charge in [-0.15, -0.1) is 0 Å². The van der Waals surface area contributed by atoms with Crippen molar-refractivity contribution < 1.29 is 13.9 Å². The molecule has 30 heavy (non-hydrogen) atoms. The predicted molar refractivity (Wildman–Crippen MR) is 121 cm³/mol. The molecule has 0 bridgehead atoms. The second-order valence-corrected chi connectivity index (χ2v) is 12.5. The lowest BCUT2D eigenvalue weighted by atomic mass is 10.1. The van der Waals surface area contributed by atoms with Gasteiger partial charge in [-0.25, -0.2) is 0 Å². The van der Waals surface area contributed by atoms with Gasteiger partial charge in [-0.05, 0) is 42.9 Å². The summed E-state index contributed by atoms with van der Waals surface area (Å²) in [5.74, 6) is 1.30. The maximum absolute atomic E-state index is 9.71. The molecule has 0 aliphatic heterocycles. The van der Waals surface area contributed by atoms with Crippen LogP contribution >= 0.6 is 0 Å². The van der Waals surface area contributed by atoms with Gasteiger partial charge in [-0.3, -0.25) is 0 Å². The number of rotatable bonds is 9. The lowest BCUT2D eigenvalue weighted by Crippen LogP contribution is -2.27. The number of nitrogens with zero attached hydrogens (tertiary/aromatic N) is 1. The van der Waals surface area contributed by atoms with E-state index in [1.807, 2.05) is 78.9 Å². The molecule has 4 nitrogen and oxygen atoms in total. The van der Waals surface area contributed by atoms with Crippen LogP contribution < -0.4 is 9.47 Å². The molecule has 0 spiro atoms. The smallest absolute Gasteiger partial charge is 0.186 e. The Kier molecular flexibility index (Phi) is 7.29. The Balaban J connectivity index is 1.83. The molecule has 0 aliphatic carbocycles. The normalized spacial score (nSPS) is 12.1. The zero-order chi connectivity index (χ0) is 21.4. The van der Waals surface area contributed by atoms with Crippen LogP contribution in [0.4, 0.5) is 0 Å². The second kappa shape index (κ2) is 10.1. The van der Waals surface area contributed by atoms with Crippen molar-refractivity contribution in [3.63, 3.8) is 0 Å². The minimum Gasteiger partial charge on any atom is -0.489 e. The summed E-state index contributed by atoms with van der Waals surface area (Å²) in [5, 5.41) is 9.71. The first-order valence-corrected chi connectivity index (χ1v) is 13.4. The van der Waals surface area contributed by atoms with Gasteiger partial charge >= 0.3 is 0 Å². The minimum absolute atomic E-state index is 0.439. The monoisotopic (exact) mass is 417 g/mol. The SMILES string of the molecule is C[Si](C)(C)OC(C#N)c1cc(OCc2ccccc2)cc(OCc2ccccc2)c1. The van der Waals surface area contributed by atoms with Crippen molar-refractivity contribution in [2.45, 2.75) is 39.0 Å². The Labute approximate surface area is 179 Å². The Hall–Kier alpha value is -3.07. The van der Waals surface area contributed by atoms with Crippen molar-refractivity contribution in [1.82, 2.24) is 0 Å². The molecule has 3 aromatic rings. The van der Waals surface area contributed by atoms with Gasteiger partial charge in [0.15, 0.2) is 14.4 Å². The second-order valence-electron chi connectivity index (χ2n) is 8.03. The first-order chi connectivity index (χ1) is 14.4. The Morgan fingerprint density at radius 1 is 0.767 bits per heavy atom. The molecule has 0 saturated carbocycles. The third-order valence-electron chi connectivity index (χ3n) is 4.29. The summed E-state index contributed by atoms with van der Waals surface area (Å²) in [7, 11) is -1.91. The lowest BCUT2D eigenvalue weighted by molar-refractivity contribution is 0.250. The average Bonchev–Trinajstić information content (AvgIpc) is 2.75. The van der Waals surface area contributed by atoms with Crippen LogP contribution in [0, 0.1) is 11.3 Å². The van der Waals surface area contributed by atoms with Crippen LogP contribution in [-0.4, -0.2) is 8.32 Å². The Bertz CT molecular complexity index is 917. The highest BCUT2D eigenvalue weighted by molar-refractivity contribution is 6.69. The van der Waals surface area contributed by atoms with E-state index in [9.17, 15) is 5.26 Å². The summed E-state index contributed by atoms with van der Waals surface area (Å²) >= 11 is 0. The van der Waals surface area contributed by atoms with Crippen LogP contribution in [0.15, 0.2) is 78.9 Å². The van der Waals surface area contributed by atoms with Crippen molar-refractivity contribution in [2.24, 2.45) is 0 Å². The largest absolute Gasteiger partial charge is 0.489 e. The van der Waals surface area contributed by atoms with Crippen molar-refractivity contribution in [3.8, 4) is 17.6 Å². The van der Waals surface area contributed by atoms with E-state index in [2.05, 4.69) is 25.7 Å². The van der Waals surface area contributed by atoms with Gasteiger partial charge in [-0.2, -0.15) is 5.26 Å². The highest BCUT2D eigenvalue weighted by atomic mass is 28.4. The third-order valence-corrected chi connectivity index (χ3v) is 5.23. The topological polar surface area (TPSA) is 51.5 Å². The van der Waals surface area contributed by atoms with Gasteiger partial charge in [0, 0.05) is 11.6 Å².